The lowest BCUT2D eigenvalue weighted by atomic mass is 10.2. The number of amides is 1. The smallest absolute Gasteiger partial charge is 0.341 e. The van der Waals surface area contributed by atoms with Crippen molar-refractivity contribution in [2.45, 2.75) is 25.5 Å². The van der Waals surface area contributed by atoms with E-state index in [2.05, 4.69) is 21.2 Å². The molecule has 9 heteroatoms. The van der Waals surface area contributed by atoms with Gasteiger partial charge < -0.3 is 15.8 Å². The Morgan fingerprint density at radius 1 is 1.43 bits per heavy atom. The van der Waals surface area contributed by atoms with Crippen molar-refractivity contribution >= 4 is 43.3 Å². The molecule has 7 nitrogen and oxygen atoms in total. The first kappa shape index (κ1) is 17.7. The van der Waals surface area contributed by atoms with Crippen LogP contribution in [-0.4, -0.2) is 43.9 Å². The number of carbonyl (C=O) groups is 2. The number of nitrogen functional groups attached to an aromatic ring is 1. The van der Waals surface area contributed by atoms with Gasteiger partial charge in [-0.15, -0.1) is 0 Å². The molecule has 23 heavy (non-hydrogen) atoms. The average molecular weight is 405 g/mol. The Bertz CT molecular complexity index is 735. The molecule has 1 saturated heterocycles. The van der Waals surface area contributed by atoms with Crippen LogP contribution in [0, 0.1) is 0 Å². The molecule has 0 aliphatic carbocycles. The highest BCUT2D eigenvalue weighted by Gasteiger charge is 2.31. The minimum absolute atomic E-state index is 0.0562. The van der Waals surface area contributed by atoms with E-state index in [1.54, 1.807) is 12.1 Å². The van der Waals surface area contributed by atoms with Gasteiger partial charge in [0.1, 0.15) is 0 Å². The summed E-state index contributed by atoms with van der Waals surface area (Å²) in [6.07, 6.45) is -0.683. The third-order valence-corrected chi connectivity index (χ3v) is 5.73. The van der Waals surface area contributed by atoms with Crippen LogP contribution in [0.4, 0.5) is 5.69 Å². The van der Waals surface area contributed by atoms with Crippen molar-refractivity contribution in [1.29, 1.82) is 0 Å². The summed E-state index contributed by atoms with van der Waals surface area (Å²) in [5.74, 6) is -1.28. The quantitative estimate of drug-likeness (QED) is 0.568. The number of halogens is 1. The van der Waals surface area contributed by atoms with E-state index in [0.717, 1.165) is 0 Å². The van der Waals surface area contributed by atoms with Gasteiger partial charge in [-0.3, -0.25) is 4.79 Å². The Balaban J connectivity index is 1.95. The van der Waals surface area contributed by atoms with Gasteiger partial charge in [0, 0.05) is 16.2 Å². The number of ether oxygens (including phenoxy) is 1. The third-order valence-electron chi connectivity index (χ3n) is 3.47. The van der Waals surface area contributed by atoms with Crippen LogP contribution in [0.25, 0.3) is 0 Å². The third kappa shape index (κ3) is 4.68. The van der Waals surface area contributed by atoms with Gasteiger partial charge in [0.25, 0.3) is 5.91 Å². The van der Waals surface area contributed by atoms with Gasteiger partial charge >= 0.3 is 5.97 Å². The van der Waals surface area contributed by atoms with E-state index in [1.807, 2.05) is 0 Å². The van der Waals surface area contributed by atoms with Crippen molar-refractivity contribution in [3.8, 4) is 0 Å². The molecule has 2 atom stereocenters. The first-order valence-electron chi connectivity index (χ1n) is 6.95. The number of sulfone groups is 1. The zero-order valence-electron chi connectivity index (χ0n) is 12.4. The molecule has 1 aromatic carbocycles. The Hall–Kier alpha value is -1.61. The first-order valence-corrected chi connectivity index (χ1v) is 9.56. The van der Waals surface area contributed by atoms with Crippen LogP contribution in [0.2, 0.25) is 0 Å². The van der Waals surface area contributed by atoms with Gasteiger partial charge in [0.05, 0.1) is 17.1 Å². The molecule has 0 bridgehead atoms. The van der Waals surface area contributed by atoms with Gasteiger partial charge in [-0.05, 0) is 31.5 Å². The zero-order valence-corrected chi connectivity index (χ0v) is 14.8. The largest absolute Gasteiger partial charge is 0.449 e. The molecule has 3 N–H and O–H groups in total. The van der Waals surface area contributed by atoms with E-state index >= 15 is 0 Å². The van der Waals surface area contributed by atoms with Crippen LogP contribution >= 0.6 is 15.9 Å². The molecule has 0 unspecified atom stereocenters. The van der Waals surface area contributed by atoms with Crippen LogP contribution in [0.15, 0.2) is 22.7 Å². The second-order valence-electron chi connectivity index (χ2n) is 5.39. The molecular weight excluding hydrogens is 388 g/mol. The number of hydrogen-bond acceptors (Lipinski definition) is 6. The average Bonchev–Trinajstić information content (AvgIpc) is 2.80. The highest BCUT2D eigenvalue weighted by molar-refractivity contribution is 9.10. The predicted octanol–water partition coefficient (Wildman–Crippen LogP) is 0.880. The number of benzene rings is 1. The van der Waals surface area contributed by atoms with Gasteiger partial charge in [-0.1, -0.05) is 15.9 Å². The van der Waals surface area contributed by atoms with Gasteiger partial charge in [-0.2, -0.15) is 0 Å². The fraction of sp³-hybridized carbons (Fsp3) is 0.429. The molecule has 2 rings (SSSR count). The van der Waals surface area contributed by atoms with E-state index < -0.39 is 33.9 Å². The molecule has 1 aliphatic heterocycles. The molecule has 1 amide bonds. The Morgan fingerprint density at radius 3 is 2.74 bits per heavy atom. The standard InChI is InChI=1S/C14H17BrN2O5S/c1-8(13(18)17-10-4-5-23(20,21)7-10)22-14(19)11-6-9(15)2-3-12(11)16/h2-3,6,8,10H,4-5,7,16H2,1H3,(H,17,18)/t8-,10-/m1/s1. The highest BCUT2D eigenvalue weighted by Crippen LogP contribution is 2.20. The Kier molecular flexibility index (Phi) is 5.30. The lowest BCUT2D eigenvalue weighted by molar-refractivity contribution is -0.129. The number of nitrogens with two attached hydrogens (primary N) is 1. The monoisotopic (exact) mass is 404 g/mol. The minimum atomic E-state index is -3.09. The summed E-state index contributed by atoms with van der Waals surface area (Å²) in [6.45, 7) is 1.42. The second-order valence-corrected chi connectivity index (χ2v) is 8.53. The van der Waals surface area contributed by atoms with Gasteiger partial charge in [0.15, 0.2) is 15.9 Å². The lowest BCUT2D eigenvalue weighted by Crippen LogP contribution is -2.42. The maximum absolute atomic E-state index is 12.1. The number of anilines is 1. The Labute approximate surface area is 142 Å². The van der Waals surface area contributed by atoms with Gasteiger partial charge in [-0.25, -0.2) is 13.2 Å². The Morgan fingerprint density at radius 2 is 2.13 bits per heavy atom. The summed E-state index contributed by atoms with van der Waals surface area (Å²) in [6, 6.07) is 4.30. The summed E-state index contributed by atoms with van der Waals surface area (Å²) in [5, 5.41) is 2.58. The van der Waals surface area contributed by atoms with Crippen LogP contribution in [0.3, 0.4) is 0 Å². The van der Waals surface area contributed by atoms with E-state index in [1.165, 1.54) is 13.0 Å². The van der Waals surface area contributed by atoms with Crippen molar-refractivity contribution in [2.75, 3.05) is 17.2 Å². The number of hydrogen-bond donors (Lipinski definition) is 2. The maximum atomic E-state index is 12.1. The zero-order chi connectivity index (χ0) is 17.2. The molecule has 0 saturated carbocycles. The summed E-state index contributed by atoms with van der Waals surface area (Å²) >= 11 is 3.23. The van der Waals surface area contributed by atoms with Crippen LogP contribution < -0.4 is 11.1 Å². The molecule has 1 aromatic rings. The number of nitrogens with one attached hydrogen (secondary N) is 1. The van der Waals surface area contributed by atoms with Gasteiger partial charge in [0.2, 0.25) is 0 Å². The molecule has 126 valence electrons. The molecule has 0 aromatic heterocycles. The van der Waals surface area contributed by atoms with E-state index in [0.29, 0.717) is 10.9 Å². The SMILES string of the molecule is C[C@@H](OC(=O)c1cc(Br)ccc1N)C(=O)N[C@@H]1CCS(=O)(=O)C1. The highest BCUT2D eigenvalue weighted by atomic mass is 79.9. The number of esters is 1. The molecule has 0 radical (unpaired) electrons. The second kappa shape index (κ2) is 6.88. The first-order chi connectivity index (χ1) is 10.7. The minimum Gasteiger partial charge on any atom is -0.449 e. The van der Waals surface area contributed by atoms with Crippen molar-refractivity contribution < 1.29 is 22.7 Å². The summed E-state index contributed by atoms with van der Waals surface area (Å²) < 4.78 is 28.5. The fourth-order valence-corrected chi connectivity index (χ4v) is 4.24. The topological polar surface area (TPSA) is 116 Å². The summed E-state index contributed by atoms with van der Waals surface area (Å²) in [5.41, 5.74) is 6.11. The lowest BCUT2D eigenvalue weighted by Gasteiger charge is -2.17. The molecule has 1 fully saturated rings. The predicted molar refractivity (Wildman–Crippen MR) is 88.6 cm³/mol. The van der Waals surface area contributed by atoms with Crippen LogP contribution in [-0.2, 0) is 19.4 Å². The molecule has 1 aliphatic rings. The normalized spacial score (nSPS) is 20.7. The number of rotatable bonds is 4. The maximum Gasteiger partial charge on any atom is 0.341 e. The van der Waals surface area contributed by atoms with E-state index in [-0.39, 0.29) is 22.8 Å². The van der Waals surface area contributed by atoms with Crippen molar-refractivity contribution in [2.24, 2.45) is 0 Å². The van der Waals surface area contributed by atoms with Crippen LogP contribution in [0.5, 0.6) is 0 Å². The van der Waals surface area contributed by atoms with Crippen molar-refractivity contribution in [3.63, 3.8) is 0 Å². The fourth-order valence-electron chi connectivity index (χ4n) is 2.21. The molecule has 1 heterocycles. The molecular formula is C14H17BrN2O5S. The van der Waals surface area contributed by atoms with E-state index in [9.17, 15) is 18.0 Å². The molecule has 0 spiro atoms. The van der Waals surface area contributed by atoms with Crippen molar-refractivity contribution in [3.05, 3.63) is 28.2 Å². The van der Waals surface area contributed by atoms with Crippen LogP contribution in [0.1, 0.15) is 23.7 Å². The number of carbonyl (C=O) groups excluding carboxylic acids is 2. The van der Waals surface area contributed by atoms with E-state index in [4.69, 9.17) is 10.5 Å². The summed E-state index contributed by atoms with van der Waals surface area (Å²) in [4.78, 5) is 24.1. The summed E-state index contributed by atoms with van der Waals surface area (Å²) in [7, 11) is -3.09. The van der Waals surface area contributed by atoms with Crippen molar-refractivity contribution in [1.82, 2.24) is 5.32 Å².